The van der Waals surface area contributed by atoms with Crippen LogP contribution < -0.4 is 20.2 Å². The first-order valence-electron chi connectivity index (χ1n) is 8.83. The van der Waals surface area contributed by atoms with Crippen LogP contribution in [-0.4, -0.2) is 31.2 Å². The third kappa shape index (κ3) is 6.70. The van der Waals surface area contributed by atoms with Gasteiger partial charge >= 0.3 is 11.8 Å². The molecular weight excluding hydrogens is 426 g/mol. The molecule has 0 spiro atoms. The minimum absolute atomic E-state index is 0.496. The van der Waals surface area contributed by atoms with E-state index >= 15 is 0 Å². The molecule has 2 rings (SSSR count). The van der Waals surface area contributed by atoms with Crippen molar-refractivity contribution in [2.45, 2.75) is 20.3 Å². The summed E-state index contributed by atoms with van der Waals surface area (Å²) >= 11 is 3.30. The molecule has 7 nitrogen and oxygen atoms in total. The highest BCUT2D eigenvalue weighted by Crippen LogP contribution is 2.28. The predicted molar refractivity (Wildman–Crippen MR) is 112 cm³/mol. The Bertz CT molecular complexity index is 855. The maximum Gasteiger partial charge on any atom is 0.329 e. The Morgan fingerprint density at radius 2 is 1.89 bits per heavy atom. The van der Waals surface area contributed by atoms with Crippen molar-refractivity contribution in [3.8, 4) is 11.5 Å². The summed E-state index contributed by atoms with van der Waals surface area (Å²) in [6, 6.07) is 12.2. The summed E-state index contributed by atoms with van der Waals surface area (Å²) in [5.41, 5.74) is 3.40. The molecule has 0 atom stereocenters. The number of rotatable bonds is 8. The lowest BCUT2D eigenvalue weighted by Crippen LogP contribution is -2.32. The van der Waals surface area contributed by atoms with Gasteiger partial charge in [0.1, 0.15) is 0 Å². The molecule has 0 radical (unpaired) electrons. The molecule has 0 unspecified atom stereocenters. The van der Waals surface area contributed by atoms with E-state index in [2.05, 4.69) is 31.8 Å². The number of carbonyl (C=O) groups excluding carboxylic acids is 2. The number of hydrogen-bond acceptors (Lipinski definition) is 5. The van der Waals surface area contributed by atoms with Crippen LogP contribution in [0.15, 0.2) is 52.0 Å². The minimum atomic E-state index is -0.871. The van der Waals surface area contributed by atoms with Crippen LogP contribution in [0.3, 0.4) is 0 Å². The quantitative estimate of drug-likeness (QED) is 0.366. The molecule has 0 bridgehead atoms. The van der Waals surface area contributed by atoms with Gasteiger partial charge in [-0.05, 0) is 55.3 Å². The number of halogens is 1. The normalized spacial score (nSPS) is 10.5. The summed E-state index contributed by atoms with van der Waals surface area (Å²) in [7, 11) is 0. The smallest absolute Gasteiger partial charge is 0.329 e. The maximum atomic E-state index is 11.9. The molecule has 0 heterocycles. The fourth-order valence-electron chi connectivity index (χ4n) is 2.17. The summed E-state index contributed by atoms with van der Waals surface area (Å²) in [6.07, 6.45) is 2.32. The van der Waals surface area contributed by atoms with Crippen molar-refractivity contribution < 1.29 is 19.1 Å². The molecule has 28 heavy (non-hydrogen) atoms. The number of carbonyl (C=O) groups is 2. The van der Waals surface area contributed by atoms with Gasteiger partial charge in [0.05, 0.1) is 19.4 Å². The highest BCUT2D eigenvalue weighted by atomic mass is 79.9. The van der Waals surface area contributed by atoms with Crippen LogP contribution in [0.2, 0.25) is 0 Å². The summed E-state index contributed by atoms with van der Waals surface area (Å²) in [6.45, 7) is 5.00. The van der Waals surface area contributed by atoms with Crippen molar-refractivity contribution in [3.63, 3.8) is 0 Å². The molecule has 2 aromatic rings. The van der Waals surface area contributed by atoms with E-state index in [4.69, 9.17) is 9.47 Å². The van der Waals surface area contributed by atoms with E-state index in [0.717, 1.165) is 10.9 Å². The van der Waals surface area contributed by atoms with E-state index in [1.54, 1.807) is 36.4 Å². The van der Waals surface area contributed by atoms with Crippen LogP contribution >= 0.6 is 15.9 Å². The molecule has 8 heteroatoms. The van der Waals surface area contributed by atoms with Crippen LogP contribution in [0.4, 0.5) is 5.69 Å². The Morgan fingerprint density at radius 3 is 2.61 bits per heavy atom. The molecule has 0 saturated heterocycles. The van der Waals surface area contributed by atoms with E-state index in [1.165, 1.54) is 6.21 Å². The number of ether oxygens (including phenoxy) is 2. The Balaban J connectivity index is 1.96. The van der Waals surface area contributed by atoms with Crippen molar-refractivity contribution in [2.24, 2.45) is 5.10 Å². The van der Waals surface area contributed by atoms with Gasteiger partial charge in [-0.15, -0.1) is 0 Å². The molecule has 0 fully saturated rings. The molecule has 0 aliphatic heterocycles. The summed E-state index contributed by atoms with van der Waals surface area (Å²) in [5.74, 6) is -0.436. The van der Waals surface area contributed by atoms with Crippen LogP contribution in [0.1, 0.15) is 25.8 Å². The fraction of sp³-hybridized carbons (Fsp3) is 0.250. The van der Waals surface area contributed by atoms with Gasteiger partial charge < -0.3 is 14.8 Å². The molecule has 2 aromatic carbocycles. The second-order valence-corrected chi connectivity index (χ2v) is 6.57. The van der Waals surface area contributed by atoms with Gasteiger partial charge in [-0.1, -0.05) is 28.9 Å². The molecule has 148 valence electrons. The predicted octanol–water partition coefficient (Wildman–Crippen LogP) is 3.73. The molecule has 2 N–H and O–H groups in total. The topological polar surface area (TPSA) is 89.0 Å². The van der Waals surface area contributed by atoms with Gasteiger partial charge in [0.2, 0.25) is 0 Å². The highest BCUT2D eigenvalue weighted by molar-refractivity contribution is 9.10. The monoisotopic (exact) mass is 447 g/mol. The molecule has 0 aliphatic carbocycles. The number of nitrogens with zero attached hydrogens (tertiary/aromatic N) is 1. The third-order valence-corrected chi connectivity index (χ3v) is 3.89. The number of nitrogens with one attached hydrogen (secondary N) is 2. The average Bonchev–Trinajstić information content (AvgIpc) is 2.67. The molecule has 2 amide bonds. The SMILES string of the molecule is CCCOc1ccc(C=NNC(=O)C(=O)Nc2cccc(Br)c2)cc1OCC. The van der Waals surface area contributed by atoms with Gasteiger partial charge in [0.25, 0.3) is 0 Å². The van der Waals surface area contributed by atoms with Gasteiger partial charge in [-0.25, -0.2) is 5.43 Å². The van der Waals surface area contributed by atoms with Crippen molar-refractivity contribution in [1.82, 2.24) is 5.43 Å². The number of hydrazone groups is 1. The Hall–Kier alpha value is -2.87. The van der Waals surface area contributed by atoms with Crippen LogP contribution in [0.5, 0.6) is 11.5 Å². The second kappa shape index (κ2) is 11.1. The lowest BCUT2D eigenvalue weighted by Gasteiger charge is -2.11. The molecular formula is C20H22BrN3O4. The number of amides is 2. The summed E-state index contributed by atoms with van der Waals surface area (Å²) in [4.78, 5) is 23.8. The zero-order valence-electron chi connectivity index (χ0n) is 15.7. The van der Waals surface area contributed by atoms with Crippen LogP contribution in [0, 0.1) is 0 Å². The van der Waals surface area contributed by atoms with E-state index in [0.29, 0.717) is 36.0 Å². The van der Waals surface area contributed by atoms with Crippen LogP contribution in [-0.2, 0) is 9.59 Å². The van der Waals surface area contributed by atoms with Gasteiger partial charge in [-0.2, -0.15) is 5.10 Å². The van der Waals surface area contributed by atoms with E-state index in [-0.39, 0.29) is 0 Å². The fourth-order valence-corrected chi connectivity index (χ4v) is 2.57. The zero-order valence-corrected chi connectivity index (χ0v) is 17.3. The summed E-state index contributed by atoms with van der Waals surface area (Å²) < 4.78 is 12.0. The summed E-state index contributed by atoms with van der Waals surface area (Å²) in [5, 5.41) is 6.32. The van der Waals surface area contributed by atoms with Crippen molar-refractivity contribution >= 4 is 39.6 Å². The second-order valence-electron chi connectivity index (χ2n) is 5.65. The molecule has 0 aromatic heterocycles. The Morgan fingerprint density at radius 1 is 1.07 bits per heavy atom. The van der Waals surface area contributed by atoms with E-state index in [1.807, 2.05) is 19.9 Å². The van der Waals surface area contributed by atoms with Gasteiger partial charge in [0.15, 0.2) is 11.5 Å². The standard InChI is InChI=1S/C20H22BrN3O4/c1-3-10-28-17-9-8-14(11-18(17)27-4-2)13-22-24-20(26)19(25)23-16-7-5-6-15(21)12-16/h5-9,11-13H,3-4,10H2,1-2H3,(H,23,25)(H,24,26). The lowest BCUT2D eigenvalue weighted by molar-refractivity contribution is -0.136. The lowest BCUT2D eigenvalue weighted by atomic mass is 10.2. The molecule has 0 saturated carbocycles. The Labute approximate surface area is 172 Å². The number of benzene rings is 2. The third-order valence-electron chi connectivity index (χ3n) is 3.40. The molecule has 0 aliphatic rings. The Kier molecular flexibility index (Phi) is 8.48. The first-order chi connectivity index (χ1) is 13.5. The van der Waals surface area contributed by atoms with Gasteiger partial charge in [-0.3, -0.25) is 9.59 Å². The minimum Gasteiger partial charge on any atom is -0.490 e. The maximum absolute atomic E-state index is 11.9. The number of anilines is 1. The highest BCUT2D eigenvalue weighted by Gasteiger charge is 2.13. The van der Waals surface area contributed by atoms with Crippen molar-refractivity contribution in [3.05, 3.63) is 52.5 Å². The average molecular weight is 448 g/mol. The zero-order chi connectivity index (χ0) is 20.4. The van der Waals surface area contributed by atoms with Crippen molar-refractivity contribution in [1.29, 1.82) is 0 Å². The van der Waals surface area contributed by atoms with Crippen LogP contribution in [0.25, 0.3) is 0 Å². The van der Waals surface area contributed by atoms with Crippen molar-refractivity contribution in [2.75, 3.05) is 18.5 Å². The first-order valence-corrected chi connectivity index (χ1v) is 9.62. The number of hydrogen-bond donors (Lipinski definition) is 2. The van der Waals surface area contributed by atoms with Gasteiger partial charge in [0, 0.05) is 10.2 Å². The first kappa shape index (κ1) is 21.4. The van der Waals surface area contributed by atoms with E-state index < -0.39 is 11.8 Å². The largest absolute Gasteiger partial charge is 0.490 e. The van der Waals surface area contributed by atoms with E-state index in [9.17, 15) is 9.59 Å².